The Balaban J connectivity index is 2.80. The second-order valence-electron chi connectivity index (χ2n) is 3.70. The van der Waals surface area contributed by atoms with E-state index in [1.807, 2.05) is 6.92 Å². The van der Waals surface area contributed by atoms with Gasteiger partial charge in [0.05, 0.1) is 11.5 Å². The topological polar surface area (TPSA) is 66.4 Å². The first-order valence-corrected chi connectivity index (χ1v) is 7.28. The Morgan fingerprint density at radius 1 is 1.28 bits per heavy atom. The van der Waals surface area contributed by atoms with Crippen LogP contribution >= 0.6 is 0 Å². The third-order valence-corrected chi connectivity index (χ3v) is 3.65. The fraction of sp³-hybridized carbons (Fsp3) is 0.385. The number of rotatable bonds is 5. The van der Waals surface area contributed by atoms with E-state index in [-0.39, 0.29) is 11.5 Å². The molecule has 18 heavy (non-hydrogen) atoms. The van der Waals surface area contributed by atoms with E-state index < -0.39 is 10.0 Å². The number of benzene rings is 1. The molecule has 2 N–H and O–H groups in total. The average molecular weight is 267 g/mol. The van der Waals surface area contributed by atoms with Crippen LogP contribution in [0.2, 0.25) is 0 Å². The van der Waals surface area contributed by atoms with E-state index in [1.165, 1.54) is 12.1 Å². The Morgan fingerprint density at radius 3 is 2.50 bits per heavy atom. The minimum absolute atomic E-state index is 0.0282. The molecule has 0 spiro atoms. The highest BCUT2D eigenvalue weighted by atomic mass is 32.2. The standard InChI is InChI=1S/C13H17NO3S/c1-2-10-14-18(16,17)13-8-6-12(7-9-13)5-3-4-11-15/h6-9,14-15H,2,4,10-11H2,1H3. The molecule has 0 amide bonds. The van der Waals surface area contributed by atoms with Gasteiger partial charge in [0.25, 0.3) is 0 Å². The molecule has 0 aliphatic rings. The molecule has 0 aliphatic carbocycles. The summed E-state index contributed by atoms with van der Waals surface area (Å²) in [4.78, 5) is 0.239. The molecule has 0 unspecified atom stereocenters. The van der Waals surface area contributed by atoms with Gasteiger partial charge in [0, 0.05) is 18.5 Å². The summed E-state index contributed by atoms with van der Waals surface area (Å²) in [6.07, 6.45) is 1.17. The van der Waals surface area contributed by atoms with Crippen LogP contribution in [0.1, 0.15) is 25.3 Å². The molecule has 0 radical (unpaired) electrons. The molecule has 1 aromatic rings. The van der Waals surface area contributed by atoms with Gasteiger partial charge in [0.2, 0.25) is 10.0 Å². The van der Waals surface area contributed by atoms with Gasteiger partial charge in [0.15, 0.2) is 0 Å². The molecule has 0 aromatic heterocycles. The van der Waals surface area contributed by atoms with Crippen molar-refractivity contribution in [2.45, 2.75) is 24.7 Å². The third kappa shape index (κ3) is 4.49. The SMILES string of the molecule is CCCNS(=O)(=O)c1ccc(C#CCCO)cc1. The zero-order valence-corrected chi connectivity index (χ0v) is 11.1. The lowest BCUT2D eigenvalue weighted by Gasteiger charge is -2.05. The summed E-state index contributed by atoms with van der Waals surface area (Å²) in [5.41, 5.74) is 0.734. The molecule has 0 saturated heterocycles. The largest absolute Gasteiger partial charge is 0.395 e. The summed E-state index contributed by atoms with van der Waals surface area (Å²) in [6.45, 7) is 2.36. The zero-order chi connectivity index (χ0) is 13.4. The van der Waals surface area contributed by atoms with Crippen LogP contribution in [0.3, 0.4) is 0 Å². The van der Waals surface area contributed by atoms with Crippen LogP contribution in [-0.2, 0) is 10.0 Å². The Kier molecular flexibility index (Phi) is 5.86. The van der Waals surface area contributed by atoms with Gasteiger partial charge in [-0.05, 0) is 30.7 Å². The van der Waals surface area contributed by atoms with Crippen molar-refractivity contribution < 1.29 is 13.5 Å². The van der Waals surface area contributed by atoms with Gasteiger partial charge in [-0.25, -0.2) is 13.1 Å². The van der Waals surface area contributed by atoms with Crippen molar-refractivity contribution in [2.24, 2.45) is 0 Å². The summed E-state index contributed by atoms with van der Waals surface area (Å²) in [7, 11) is -3.40. The van der Waals surface area contributed by atoms with Crippen molar-refractivity contribution in [3.63, 3.8) is 0 Å². The fourth-order valence-electron chi connectivity index (χ4n) is 1.26. The number of hydrogen-bond acceptors (Lipinski definition) is 3. The highest BCUT2D eigenvalue weighted by Gasteiger charge is 2.11. The minimum atomic E-state index is -3.40. The third-order valence-electron chi connectivity index (χ3n) is 2.18. The molecule has 0 aliphatic heterocycles. The van der Waals surface area contributed by atoms with Crippen molar-refractivity contribution in [1.82, 2.24) is 4.72 Å². The number of aliphatic hydroxyl groups is 1. The van der Waals surface area contributed by atoms with Crippen molar-refractivity contribution in [3.8, 4) is 11.8 Å². The summed E-state index contributed by atoms with van der Waals surface area (Å²) < 4.78 is 26.1. The van der Waals surface area contributed by atoms with E-state index in [2.05, 4.69) is 16.6 Å². The Morgan fingerprint density at radius 2 is 1.94 bits per heavy atom. The fourth-order valence-corrected chi connectivity index (χ4v) is 2.39. The molecule has 0 atom stereocenters. The number of aliphatic hydroxyl groups excluding tert-OH is 1. The van der Waals surface area contributed by atoms with Crippen LogP contribution in [-0.4, -0.2) is 26.7 Å². The maximum Gasteiger partial charge on any atom is 0.240 e. The number of sulfonamides is 1. The van der Waals surface area contributed by atoms with Gasteiger partial charge in [0.1, 0.15) is 0 Å². The van der Waals surface area contributed by atoms with E-state index in [1.54, 1.807) is 12.1 Å². The lowest BCUT2D eigenvalue weighted by molar-refractivity contribution is 0.305. The smallest absolute Gasteiger partial charge is 0.240 e. The van der Waals surface area contributed by atoms with Crippen molar-refractivity contribution in [3.05, 3.63) is 29.8 Å². The van der Waals surface area contributed by atoms with Gasteiger partial charge in [-0.15, -0.1) is 0 Å². The van der Waals surface area contributed by atoms with Crippen LogP contribution in [0.4, 0.5) is 0 Å². The molecule has 98 valence electrons. The highest BCUT2D eigenvalue weighted by Crippen LogP contribution is 2.09. The van der Waals surface area contributed by atoms with E-state index in [4.69, 9.17) is 5.11 Å². The minimum Gasteiger partial charge on any atom is -0.395 e. The van der Waals surface area contributed by atoms with Crippen LogP contribution in [0.25, 0.3) is 0 Å². The first-order chi connectivity index (χ1) is 8.60. The molecule has 1 rings (SSSR count). The summed E-state index contributed by atoms with van der Waals surface area (Å²) >= 11 is 0. The Bertz CT molecular complexity index is 524. The summed E-state index contributed by atoms with van der Waals surface area (Å²) in [5.74, 6) is 5.62. The van der Waals surface area contributed by atoms with Crippen LogP contribution in [0.15, 0.2) is 29.2 Å². The maximum atomic E-state index is 11.8. The summed E-state index contributed by atoms with van der Waals surface area (Å²) in [5, 5.41) is 8.59. The zero-order valence-electron chi connectivity index (χ0n) is 10.3. The van der Waals surface area contributed by atoms with E-state index in [9.17, 15) is 8.42 Å². The van der Waals surface area contributed by atoms with Crippen LogP contribution < -0.4 is 4.72 Å². The molecule has 0 fully saturated rings. The number of nitrogens with one attached hydrogen (secondary N) is 1. The van der Waals surface area contributed by atoms with Crippen LogP contribution in [0.5, 0.6) is 0 Å². The van der Waals surface area contributed by atoms with Crippen molar-refractivity contribution in [2.75, 3.05) is 13.2 Å². The second kappa shape index (κ2) is 7.17. The highest BCUT2D eigenvalue weighted by molar-refractivity contribution is 7.89. The molecule has 4 nitrogen and oxygen atoms in total. The lowest BCUT2D eigenvalue weighted by Crippen LogP contribution is -2.24. The van der Waals surface area contributed by atoms with Gasteiger partial charge in [-0.1, -0.05) is 18.8 Å². The predicted octanol–water partition coefficient (Wildman–Crippen LogP) is 1.11. The van der Waals surface area contributed by atoms with Crippen molar-refractivity contribution >= 4 is 10.0 Å². The molecule has 0 saturated carbocycles. The van der Waals surface area contributed by atoms with Crippen LogP contribution in [0, 0.1) is 11.8 Å². The second-order valence-corrected chi connectivity index (χ2v) is 5.46. The molecule has 1 aromatic carbocycles. The Labute approximate surface area is 108 Å². The van der Waals surface area contributed by atoms with Gasteiger partial charge < -0.3 is 5.11 Å². The van der Waals surface area contributed by atoms with Gasteiger partial charge in [-0.2, -0.15) is 0 Å². The predicted molar refractivity (Wildman–Crippen MR) is 70.5 cm³/mol. The molecule has 0 bridgehead atoms. The Hall–Kier alpha value is -1.35. The van der Waals surface area contributed by atoms with Gasteiger partial charge in [-0.3, -0.25) is 0 Å². The maximum absolute atomic E-state index is 11.8. The van der Waals surface area contributed by atoms with E-state index >= 15 is 0 Å². The lowest BCUT2D eigenvalue weighted by atomic mass is 10.2. The quantitative estimate of drug-likeness (QED) is 0.785. The van der Waals surface area contributed by atoms with Gasteiger partial charge >= 0.3 is 0 Å². The van der Waals surface area contributed by atoms with E-state index in [0.29, 0.717) is 13.0 Å². The molecule has 0 heterocycles. The first kappa shape index (κ1) is 14.7. The van der Waals surface area contributed by atoms with Crippen molar-refractivity contribution in [1.29, 1.82) is 0 Å². The number of hydrogen-bond donors (Lipinski definition) is 2. The summed E-state index contributed by atoms with van der Waals surface area (Å²) in [6, 6.07) is 6.37. The molecular formula is C13H17NO3S. The normalized spacial score (nSPS) is 10.8. The molecular weight excluding hydrogens is 250 g/mol. The molecule has 5 heteroatoms. The van der Waals surface area contributed by atoms with E-state index in [0.717, 1.165) is 12.0 Å². The average Bonchev–Trinajstić information content (AvgIpc) is 2.37. The first-order valence-electron chi connectivity index (χ1n) is 5.79. The monoisotopic (exact) mass is 267 g/mol.